The van der Waals surface area contributed by atoms with Gasteiger partial charge in [0.2, 0.25) is 0 Å². The van der Waals surface area contributed by atoms with Gasteiger partial charge in [-0.15, -0.1) is 0 Å². The van der Waals surface area contributed by atoms with E-state index in [4.69, 9.17) is 9.47 Å². The number of benzene rings is 2. The summed E-state index contributed by atoms with van der Waals surface area (Å²) in [5, 5.41) is 30.1. The van der Waals surface area contributed by atoms with E-state index >= 15 is 0 Å². The van der Waals surface area contributed by atoms with E-state index in [1.54, 1.807) is 62.8 Å². The van der Waals surface area contributed by atoms with Gasteiger partial charge in [0.05, 0.1) is 14.2 Å². The molecule has 10 nitrogen and oxygen atoms in total. The van der Waals surface area contributed by atoms with Crippen molar-refractivity contribution in [3.8, 4) is 11.5 Å². The van der Waals surface area contributed by atoms with E-state index in [2.05, 4.69) is 20.9 Å². The lowest BCUT2D eigenvalue weighted by molar-refractivity contribution is -0.115. The van der Waals surface area contributed by atoms with E-state index in [-0.39, 0.29) is 24.3 Å². The van der Waals surface area contributed by atoms with Crippen LogP contribution >= 0.6 is 21.6 Å². The molecule has 2 rings (SSSR count). The number of methoxy groups -OCH3 is 2. The van der Waals surface area contributed by atoms with Crippen molar-refractivity contribution in [3.05, 3.63) is 59.7 Å². The minimum atomic E-state index is -0.432. The predicted molar refractivity (Wildman–Crippen MR) is 143 cm³/mol. The van der Waals surface area contributed by atoms with E-state index < -0.39 is 11.8 Å². The Morgan fingerprint density at radius 1 is 0.722 bits per heavy atom. The van der Waals surface area contributed by atoms with Crippen LogP contribution in [0, 0.1) is 0 Å². The Balaban J connectivity index is 1.59. The Kier molecular flexibility index (Phi) is 13.1. The van der Waals surface area contributed by atoms with Crippen molar-refractivity contribution in [2.45, 2.75) is 12.8 Å². The summed E-state index contributed by atoms with van der Waals surface area (Å²) in [6, 6.07) is 14.3. The Bertz CT molecular complexity index is 946. The summed E-state index contributed by atoms with van der Waals surface area (Å²) in [6.07, 6.45) is 0.400. The molecule has 36 heavy (non-hydrogen) atoms. The third-order valence-corrected chi connectivity index (χ3v) is 7.26. The van der Waals surface area contributed by atoms with Gasteiger partial charge >= 0.3 is 0 Å². The number of carbonyl (C=O) groups is 2. The van der Waals surface area contributed by atoms with Crippen LogP contribution in [-0.4, -0.2) is 72.5 Å². The molecule has 0 spiro atoms. The average molecular weight is 535 g/mol. The van der Waals surface area contributed by atoms with Crippen molar-refractivity contribution in [2.75, 3.05) is 38.8 Å². The van der Waals surface area contributed by atoms with Crippen molar-refractivity contribution in [1.29, 1.82) is 0 Å². The SMILES string of the molecule is COc1ccc(C/C(=N/O)C(=O)NCCSSCCNC(=O)/C(Cc2ccc(OC)cc2)=N/O)cc1. The number of ether oxygens (including phenoxy) is 2. The smallest absolute Gasteiger partial charge is 0.269 e. The van der Waals surface area contributed by atoms with Gasteiger partial charge in [0.25, 0.3) is 11.8 Å². The highest BCUT2D eigenvalue weighted by atomic mass is 33.1. The quantitative estimate of drug-likeness (QED) is 0.0899. The number of nitrogens with zero attached hydrogens (tertiary/aromatic N) is 2. The first-order valence-corrected chi connectivity index (χ1v) is 13.5. The summed E-state index contributed by atoms with van der Waals surface area (Å²) in [7, 11) is 6.22. The lowest BCUT2D eigenvalue weighted by Crippen LogP contribution is -2.34. The predicted octanol–water partition coefficient (Wildman–Crippen LogP) is 2.76. The Labute approximate surface area is 217 Å². The summed E-state index contributed by atoms with van der Waals surface area (Å²) >= 11 is 0. The van der Waals surface area contributed by atoms with Crippen molar-refractivity contribution in [3.63, 3.8) is 0 Å². The molecule has 0 saturated carbocycles. The average Bonchev–Trinajstić information content (AvgIpc) is 2.92. The highest BCUT2D eigenvalue weighted by Crippen LogP contribution is 2.19. The third kappa shape index (κ3) is 10.1. The van der Waals surface area contributed by atoms with Crippen molar-refractivity contribution in [1.82, 2.24) is 10.6 Å². The number of rotatable bonds is 15. The fourth-order valence-electron chi connectivity index (χ4n) is 2.93. The second-order valence-electron chi connectivity index (χ2n) is 7.30. The van der Waals surface area contributed by atoms with E-state index in [0.717, 1.165) is 11.1 Å². The van der Waals surface area contributed by atoms with Crippen LogP contribution in [0.4, 0.5) is 0 Å². The molecule has 2 aromatic carbocycles. The molecule has 0 bridgehead atoms. The third-order valence-electron chi connectivity index (χ3n) is 4.85. The van der Waals surface area contributed by atoms with Gasteiger partial charge in [-0.3, -0.25) is 9.59 Å². The van der Waals surface area contributed by atoms with Gasteiger partial charge in [-0.1, -0.05) is 56.2 Å². The second-order valence-corrected chi connectivity index (χ2v) is 10.0. The summed E-state index contributed by atoms with van der Waals surface area (Å²) in [5.41, 5.74) is 1.70. The molecule has 0 radical (unpaired) electrons. The number of nitrogens with one attached hydrogen (secondary N) is 2. The normalized spacial score (nSPS) is 11.6. The van der Waals surface area contributed by atoms with Crippen molar-refractivity contribution < 1.29 is 29.5 Å². The molecule has 0 aromatic heterocycles. The van der Waals surface area contributed by atoms with Crippen LogP contribution in [-0.2, 0) is 22.4 Å². The number of amides is 2. The van der Waals surface area contributed by atoms with Crippen molar-refractivity contribution >= 4 is 44.8 Å². The summed E-state index contributed by atoms with van der Waals surface area (Å²) in [5.74, 6) is 1.81. The number of oxime groups is 2. The van der Waals surface area contributed by atoms with Gasteiger partial charge in [-0.25, -0.2) is 0 Å². The molecule has 12 heteroatoms. The Hall–Kier alpha value is -3.38. The molecule has 0 fully saturated rings. The lowest BCUT2D eigenvalue weighted by atomic mass is 10.1. The largest absolute Gasteiger partial charge is 0.497 e. The monoisotopic (exact) mass is 534 g/mol. The molecule has 0 atom stereocenters. The molecule has 2 amide bonds. The fourth-order valence-corrected chi connectivity index (χ4v) is 4.74. The zero-order chi connectivity index (χ0) is 26.2. The van der Waals surface area contributed by atoms with Crippen LogP contribution in [0.3, 0.4) is 0 Å². The van der Waals surface area contributed by atoms with Gasteiger partial charge in [0, 0.05) is 37.4 Å². The van der Waals surface area contributed by atoms with Crippen LogP contribution in [0.25, 0.3) is 0 Å². The molecule has 0 saturated heterocycles. The standard InChI is InChI=1S/C24H30N4O6S2/c1-33-19-7-3-17(4-8-19)15-21(27-31)23(29)25-11-13-35-36-14-12-26-24(30)22(28-32)16-18-5-9-20(34-2)10-6-18/h3-10,31-32H,11-16H2,1-2H3,(H,25,29)(H,26,30)/b27-21-,28-22+. The molecule has 194 valence electrons. The highest BCUT2D eigenvalue weighted by molar-refractivity contribution is 8.76. The lowest BCUT2D eigenvalue weighted by Gasteiger charge is -2.08. The number of hydrogen-bond donors (Lipinski definition) is 4. The molecule has 2 aromatic rings. The first-order chi connectivity index (χ1) is 17.5. The molecule has 4 N–H and O–H groups in total. The zero-order valence-corrected chi connectivity index (χ0v) is 21.7. The van der Waals surface area contributed by atoms with E-state index in [1.165, 1.54) is 21.6 Å². The van der Waals surface area contributed by atoms with Gasteiger partial charge in [0.15, 0.2) is 0 Å². The highest BCUT2D eigenvalue weighted by Gasteiger charge is 2.14. The maximum Gasteiger partial charge on any atom is 0.269 e. The van der Waals surface area contributed by atoms with Crippen molar-refractivity contribution in [2.24, 2.45) is 10.3 Å². The van der Waals surface area contributed by atoms with Gasteiger partial charge in [0.1, 0.15) is 22.9 Å². The van der Waals surface area contributed by atoms with Gasteiger partial charge in [-0.2, -0.15) is 0 Å². The Morgan fingerprint density at radius 3 is 1.39 bits per heavy atom. The number of hydrogen-bond acceptors (Lipinski definition) is 10. The van der Waals surface area contributed by atoms with Crippen LogP contribution in [0.15, 0.2) is 58.8 Å². The summed E-state index contributed by atoms with van der Waals surface area (Å²) in [6.45, 7) is 0.793. The first kappa shape index (κ1) is 28.9. The minimum absolute atomic E-state index is 0.0246. The Morgan fingerprint density at radius 2 is 1.08 bits per heavy atom. The maximum absolute atomic E-state index is 12.2. The van der Waals surface area contributed by atoms with Crippen LogP contribution in [0.5, 0.6) is 11.5 Å². The summed E-state index contributed by atoms with van der Waals surface area (Å²) in [4.78, 5) is 24.5. The van der Waals surface area contributed by atoms with Gasteiger partial charge < -0.3 is 30.5 Å². The van der Waals surface area contributed by atoms with Crippen LogP contribution < -0.4 is 20.1 Å². The molecular formula is C24H30N4O6S2. The summed E-state index contributed by atoms with van der Waals surface area (Å²) < 4.78 is 10.2. The van der Waals surface area contributed by atoms with Crippen LogP contribution in [0.2, 0.25) is 0 Å². The van der Waals surface area contributed by atoms with Gasteiger partial charge in [-0.05, 0) is 35.4 Å². The maximum atomic E-state index is 12.2. The minimum Gasteiger partial charge on any atom is -0.497 e. The molecule has 0 heterocycles. The molecule has 0 aliphatic carbocycles. The van der Waals surface area contributed by atoms with E-state index in [0.29, 0.717) is 36.1 Å². The fraction of sp³-hybridized carbons (Fsp3) is 0.333. The first-order valence-electron chi connectivity index (χ1n) is 11.0. The zero-order valence-electron chi connectivity index (χ0n) is 20.1. The second kappa shape index (κ2) is 16.3. The molecule has 0 unspecified atom stereocenters. The van der Waals surface area contributed by atoms with E-state index in [9.17, 15) is 20.0 Å². The molecule has 0 aliphatic heterocycles. The van der Waals surface area contributed by atoms with Crippen LogP contribution in [0.1, 0.15) is 11.1 Å². The molecular weight excluding hydrogens is 504 g/mol. The molecule has 0 aliphatic rings. The topological polar surface area (TPSA) is 142 Å². The number of carbonyl (C=O) groups excluding carboxylic acids is 2. The van der Waals surface area contributed by atoms with E-state index in [1.807, 2.05) is 0 Å².